The number of carbonyl (C=O) groups excluding carboxylic acids is 1. The molecule has 1 amide bonds. The van der Waals surface area contributed by atoms with Crippen LogP contribution in [0.5, 0.6) is 0 Å². The van der Waals surface area contributed by atoms with Crippen LogP contribution in [0.4, 0.5) is 5.69 Å². The van der Waals surface area contributed by atoms with E-state index in [0.29, 0.717) is 17.5 Å². The van der Waals surface area contributed by atoms with Gasteiger partial charge in [0, 0.05) is 23.7 Å². The Morgan fingerprint density at radius 2 is 2.11 bits per heavy atom. The van der Waals surface area contributed by atoms with Gasteiger partial charge in [-0.05, 0) is 29.7 Å². The van der Waals surface area contributed by atoms with E-state index in [1.807, 2.05) is 0 Å². The van der Waals surface area contributed by atoms with Gasteiger partial charge in [-0.3, -0.25) is 4.79 Å². The summed E-state index contributed by atoms with van der Waals surface area (Å²) in [5.41, 5.74) is 0.665. The van der Waals surface area contributed by atoms with Crippen molar-refractivity contribution in [3.8, 4) is 0 Å². The van der Waals surface area contributed by atoms with E-state index in [1.165, 1.54) is 6.20 Å². The molecule has 0 atom stereocenters. The maximum absolute atomic E-state index is 11.3. The van der Waals surface area contributed by atoms with Crippen LogP contribution in [0.2, 0.25) is 0 Å². The van der Waals surface area contributed by atoms with Gasteiger partial charge >= 0.3 is 5.97 Å². The second kappa shape index (κ2) is 4.83. The number of nitrogens with zero attached hydrogens (tertiary/aromatic N) is 1. The summed E-state index contributed by atoms with van der Waals surface area (Å²) in [6, 6.07) is 6.77. The monoisotopic (exact) mass is 244 g/mol. The Bertz CT molecular complexity index is 623. The number of carboxylic acid groups (broad SMARTS) is 1. The number of benzene rings is 1. The number of carboxylic acids is 1. The third-order valence-electron chi connectivity index (χ3n) is 2.57. The summed E-state index contributed by atoms with van der Waals surface area (Å²) in [5.74, 6) is -1.15. The van der Waals surface area contributed by atoms with E-state index in [9.17, 15) is 9.59 Å². The van der Waals surface area contributed by atoms with Gasteiger partial charge in [-0.1, -0.05) is 6.92 Å². The first-order chi connectivity index (χ1) is 8.61. The molecule has 2 N–H and O–H groups in total. The summed E-state index contributed by atoms with van der Waals surface area (Å²) < 4.78 is 0. The molecule has 0 spiro atoms. The summed E-state index contributed by atoms with van der Waals surface area (Å²) >= 11 is 0. The molecule has 18 heavy (non-hydrogen) atoms. The molecular weight excluding hydrogens is 232 g/mol. The van der Waals surface area contributed by atoms with Gasteiger partial charge in [-0.2, -0.15) is 0 Å². The number of amides is 1. The number of carbonyl (C=O) groups is 2. The van der Waals surface area contributed by atoms with Gasteiger partial charge in [0.05, 0.1) is 0 Å². The topological polar surface area (TPSA) is 79.3 Å². The summed E-state index contributed by atoms with van der Waals surface area (Å²) in [5, 5.41) is 13.0. The van der Waals surface area contributed by atoms with Crippen LogP contribution in [0, 0.1) is 0 Å². The zero-order valence-corrected chi connectivity index (χ0v) is 9.80. The molecule has 0 aliphatic heterocycles. The lowest BCUT2D eigenvalue weighted by atomic mass is 10.1. The van der Waals surface area contributed by atoms with Crippen LogP contribution >= 0.6 is 0 Å². The fourth-order valence-electron chi connectivity index (χ4n) is 1.68. The van der Waals surface area contributed by atoms with Crippen molar-refractivity contribution in [3.63, 3.8) is 0 Å². The standard InChI is InChI=1S/C13H12N2O3/c1-2-11(16)15-9-3-4-10-8(7-9)5-6-14-12(10)13(17)18/h3-7H,2H2,1H3,(H,15,16)(H,17,18). The average molecular weight is 244 g/mol. The Morgan fingerprint density at radius 3 is 2.78 bits per heavy atom. The molecule has 0 aliphatic carbocycles. The zero-order valence-electron chi connectivity index (χ0n) is 9.80. The minimum Gasteiger partial charge on any atom is -0.476 e. The molecule has 1 heterocycles. The zero-order chi connectivity index (χ0) is 13.1. The highest BCUT2D eigenvalue weighted by Crippen LogP contribution is 2.21. The molecular formula is C13H12N2O3. The molecule has 0 saturated carbocycles. The van der Waals surface area contributed by atoms with Crippen molar-refractivity contribution in [3.05, 3.63) is 36.2 Å². The number of anilines is 1. The predicted octanol–water partition coefficient (Wildman–Crippen LogP) is 2.28. The van der Waals surface area contributed by atoms with Crippen LogP contribution in [-0.4, -0.2) is 22.0 Å². The highest BCUT2D eigenvalue weighted by atomic mass is 16.4. The first-order valence-corrected chi connectivity index (χ1v) is 5.53. The number of aromatic carboxylic acids is 1. The Labute approximate surface area is 103 Å². The summed E-state index contributed by atoms with van der Waals surface area (Å²) in [7, 11) is 0. The van der Waals surface area contributed by atoms with Crippen molar-refractivity contribution in [1.82, 2.24) is 4.98 Å². The summed E-state index contributed by atoms with van der Waals surface area (Å²) in [6.07, 6.45) is 1.84. The predicted molar refractivity (Wildman–Crippen MR) is 67.6 cm³/mol. The number of fused-ring (bicyclic) bond motifs is 1. The Balaban J connectivity index is 2.47. The van der Waals surface area contributed by atoms with Crippen LogP contribution in [0.3, 0.4) is 0 Å². The quantitative estimate of drug-likeness (QED) is 0.868. The first kappa shape index (κ1) is 12.0. The van der Waals surface area contributed by atoms with E-state index >= 15 is 0 Å². The normalized spacial score (nSPS) is 10.3. The molecule has 1 aromatic carbocycles. The van der Waals surface area contributed by atoms with E-state index < -0.39 is 5.97 Å². The van der Waals surface area contributed by atoms with Gasteiger partial charge in [-0.25, -0.2) is 9.78 Å². The van der Waals surface area contributed by atoms with Gasteiger partial charge in [0.2, 0.25) is 5.91 Å². The maximum atomic E-state index is 11.3. The Kier molecular flexibility index (Phi) is 3.23. The van der Waals surface area contributed by atoms with Crippen molar-refractivity contribution < 1.29 is 14.7 Å². The van der Waals surface area contributed by atoms with Gasteiger partial charge in [0.25, 0.3) is 0 Å². The highest BCUT2D eigenvalue weighted by Gasteiger charge is 2.10. The lowest BCUT2D eigenvalue weighted by Crippen LogP contribution is -2.09. The number of rotatable bonds is 3. The molecule has 0 bridgehead atoms. The Hall–Kier alpha value is -2.43. The molecule has 0 aliphatic rings. The number of nitrogens with one attached hydrogen (secondary N) is 1. The number of hydrogen-bond donors (Lipinski definition) is 2. The number of pyridine rings is 1. The fourth-order valence-corrected chi connectivity index (χ4v) is 1.68. The molecule has 1 aromatic heterocycles. The van der Waals surface area contributed by atoms with Gasteiger partial charge < -0.3 is 10.4 Å². The molecule has 0 fully saturated rings. The van der Waals surface area contributed by atoms with Gasteiger partial charge in [-0.15, -0.1) is 0 Å². The third kappa shape index (κ3) is 2.29. The molecule has 2 aromatic rings. The van der Waals surface area contributed by atoms with E-state index in [1.54, 1.807) is 31.2 Å². The fraction of sp³-hybridized carbons (Fsp3) is 0.154. The van der Waals surface area contributed by atoms with Crippen molar-refractivity contribution in [2.24, 2.45) is 0 Å². The minimum atomic E-state index is -1.06. The van der Waals surface area contributed by atoms with E-state index in [-0.39, 0.29) is 11.6 Å². The third-order valence-corrected chi connectivity index (χ3v) is 2.57. The first-order valence-electron chi connectivity index (χ1n) is 5.53. The van der Waals surface area contributed by atoms with Crippen LogP contribution in [-0.2, 0) is 4.79 Å². The molecule has 92 valence electrons. The largest absolute Gasteiger partial charge is 0.476 e. The molecule has 0 radical (unpaired) electrons. The van der Waals surface area contributed by atoms with E-state index in [4.69, 9.17) is 5.11 Å². The SMILES string of the molecule is CCC(=O)Nc1ccc2c(C(=O)O)nccc2c1. The van der Waals surface area contributed by atoms with Crippen molar-refractivity contribution in [2.75, 3.05) is 5.32 Å². The average Bonchev–Trinajstić information content (AvgIpc) is 2.37. The number of aromatic nitrogens is 1. The van der Waals surface area contributed by atoms with Crippen LogP contribution in [0.15, 0.2) is 30.5 Å². The van der Waals surface area contributed by atoms with Gasteiger partial charge in [0.15, 0.2) is 5.69 Å². The molecule has 5 heteroatoms. The second-order valence-corrected chi connectivity index (χ2v) is 3.80. The highest BCUT2D eigenvalue weighted by molar-refractivity contribution is 6.03. The molecule has 0 unspecified atom stereocenters. The van der Waals surface area contributed by atoms with Crippen molar-refractivity contribution in [1.29, 1.82) is 0 Å². The van der Waals surface area contributed by atoms with Crippen LogP contribution in [0.25, 0.3) is 10.8 Å². The van der Waals surface area contributed by atoms with Crippen molar-refractivity contribution >= 4 is 28.3 Å². The smallest absolute Gasteiger partial charge is 0.355 e. The number of hydrogen-bond acceptors (Lipinski definition) is 3. The van der Waals surface area contributed by atoms with E-state index in [0.717, 1.165) is 5.39 Å². The van der Waals surface area contributed by atoms with Gasteiger partial charge in [0.1, 0.15) is 0 Å². The summed E-state index contributed by atoms with van der Waals surface area (Å²) in [6.45, 7) is 1.77. The molecule has 2 rings (SSSR count). The van der Waals surface area contributed by atoms with E-state index in [2.05, 4.69) is 10.3 Å². The second-order valence-electron chi connectivity index (χ2n) is 3.80. The minimum absolute atomic E-state index is 0.0147. The van der Waals surface area contributed by atoms with Crippen LogP contribution in [0.1, 0.15) is 23.8 Å². The van der Waals surface area contributed by atoms with Crippen molar-refractivity contribution in [2.45, 2.75) is 13.3 Å². The summed E-state index contributed by atoms with van der Waals surface area (Å²) in [4.78, 5) is 26.1. The van der Waals surface area contributed by atoms with Crippen LogP contribution < -0.4 is 5.32 Å². The lowest BCUT2D eigenvalue weighted by molar-refractivity contribution is -0.115. The lowest BCUT2D eigenvalue weighted by Gasteiger charge is -2.06. The molecule has 0 saturated heterocycles. The maximum Gasteiger partial charge on any atom is 0.355 e. The molecule has 5 nitrogen and oxygen atoms in total. The Morgan fingerprint density at radius 1 is 1.33 bits per heavy atom.